The molecule has 0 fully saturated rings. The molecule has 0 saturated carbocycles. The average molecular weight is 154 g/mol. The van der Waals surface area contributed by atoms with Crippen molar-refractivity contribution in [3.63, 3.8) is 0 Å². The first kappa shape index (κ1) is 10.5. The van der Waals surface area contributed by atoms with E-state index in [4.69, 9.17) is 6.42 Å². The number of hydrogen-bond acceptors (Lipinski definition) is 1. The number of rotatable bonds is 5. The van der Waals surface area contributed by atoms with Crippen molar-refractivity contribution in [1.29, 1.82) is 0 Å². The zero-order chi connectivity index (χ0) is 8.69. The molecule has 0 aliphatic carbocycles. The average Bonchev–Trinajstić information content (AvgIpc) is 2.05. The minimum absolute atomic E-state index is 0.306. The van der Waals surface area contributed by atoms with E-state index in [2.05, 4.69) is 19.8 Å². The maximum Gasteiger partial charge on any atom is 0.117 e. The largest absolute Gasteiger partial charge is 0.380 e. The summed E-state index contributed by atoms with van der Waals surface area (Å²) in [6, 6.07) is 0. The molecule has 0 aromatic carbocycles. The summed E-state index contributed by atoms with van der Waals surface area (Å²) >= 11 is 0. The lowest BCUT2D eigenvalue weighted by atomic mass is 9.94. The Labute approximate surface area is 69.8 Å². The number of aliphatic hydroxyl groups is 1. The summed E-state index contributed by atoms with van der Waals surface area (Å²) in [6.07, 6.45) is 8.95. The fourth-order valence-corrected chi connectivity index (χ4v) is 1.19. The molecule has 0 aromatic rings. The van der Waals surface area contributed by atoms with Gasteiger partial charge in [0.15, 0.2) is 0 Å². The van der Waals surface area contributed by atoms with E-state index in [0.717, 1.165) is 19.3 Å². The van der Waals surface area contributed by atoms with Crippen molar-refractivity contribution in [1.82, 2.24) is 0 Å². The number of terminal acetylenes is 1. The Morgan fingerprint density at radius 3 is 2.45 bits per heavy atom. The molecular weight excluding hydrogens is 136 g/mol. The molecule has 2 atom stereocenters. The molecule has 0 aliphatic rings. The van der Waals surface area contributed by atoms with Gasteiger partial charge in [0, 0.05) is 0 Å². The predicted molar refractivity (Wildman–Crippen MR) is 48.1 cm³/mol. The first-order valence-electron chi connectivity index (χ1n) is 4.40. The normalized spacial score (nSPS) is 15.5. The molecule has 0 bridgehead atoms. The van der Waals surface area contributed by atoms with E-state index in [0.29, 0.717) is 5.92 Å². The highest BCUT2D eigenvalue weighted by molar-refractivity contribution is 4.96. The van der Waals surface area contributed by atoms with E-state index in [9.17, 15) is 5.11 Å². The fraction of sp³-hybridized carbons (Fsp3) is 0.800. The summed E-state index contributed by atoms with van der Waals surface area (Å²) in [5.41, 5.74) is 0. The second-order valence-electron chi connectivity index (χ2n) is 2.92. The highest BCUT2D eigenvalue weighted by Gasteiger charge is 2.13. The molecule has 0 saturated heterocycles. The molecule has 0 aromatic heterocycles. The Morgan fingerprint density at radius 1 is 1.45 bits per heavy atom. The molecule has 0 amide bonds. The van der Waals surface area contributed by atoms with Crippen LogP contribution in [0, 0.1) is 18.3 Å². The van der Waals surface area contributed by atoms with Gasteiger partial charge >= 0.3 is 0 Å². The van der Waals surface area contributed by atoms with Crippen LogP contribution in [0.5, 0.6) is 0 Å². The van der Waals surface area contributed by atoms with E-state index < -0.39 is 6.10 Å². The van der Waals surface area contributed by atoms with Crippen molar-refractivity contribution >= 4 is 0 Å². The molecule has 64 valence electrons. The Hall–Kier alpha value is -0.480. The Balaban J connectivity index is 3.67. The van der Waals surface area contributed by atoms with E-state index >= 15 is 0 Å². The number of hydrogen-bond donors (Lipinski definition) is 1. The topological polar surface area (TPSA) is 20.2 Å². The highest BCUT2D eigenvalue weighted by Crippen LogP contribution is 2.16. The third-order valence-corrected chi connectivity index (χ3v) is 2.07. The second kappa shape index (κ2) is 6.24. The van der Waals surface area contributed by atoms with Gasteiger partial charge in [-0.2, -0.15) is 0 Å². The van der Waals surface area contributed by atoms with Gasteiger partial charge in [-0.25, -0.2) is 0 Å². The SMILES string of the molecule is C#C[C@@H](O)[C@@H](CC)CCCC. The van der Waals surface area contributed by atoms with Gasteiger partial charge in [0.25, 0.3) is 0 Å². The Bertz CT molecular complexity index is 123. The van der Waals surface area contributed by atoms with Crippen LogP contribution in [-0.2, 0) is 0 Å². The van der Waals surface area contributed by atoms with Crippen LogP contribution in [-0.4, -0.2) is 11.2 Å². The van der Waals surface area contributed by atoms with Crippen molar-refractivity contribution in [3.05, 3.63) is 0 Å². The van der Waals surface area contributed by atoms with Gasteiger partial charge < -0.3 is 5.11 Å². The molecule has 0 aliphatic heterocycles. The zero-order valence-electron chi connectivity index (χ0n) is 7.51. The summed E-state index contributed by atoms with van der Waals surface area (Å²) in [5, 5.41) is 9.31. The van der Waals surface area contributed by atoms with Gasteiger partial charge in [-0.1, -0.05) is 32.6 Å². The second-order valence-corrected chi connectivity index (χ2v) is 2.92. The highest BCUT2D eigenvalue weighted by atomic mass is 16.3. The van der Waals surface area contributed by atoms with Crippen molar-refractivity contribution in [2.75, 3.05) is 0 Å². The van der Waals surface area contributed by atoms with Crippen LogP contribution in [0.2, 0.25) is 0 Å². The summed E-state index contributed by atoms with van der Waals surface area (Å²) < 4.78 is 0. The Kier molecular flexibility index (Phi) is 5.97. The third-order valence-electron chi connectivity index (χ3n) is 2.07. The quantitative estimate of drug-likeness (QED) is 0.602. The monoisotopic (exact) mass is 154 g/mol. The van der Waals surface area contributed by atoms with Crippen LogP contribution in [0.3, 0.4) is 0 Å². The van der Waals surface area contributed by atoms with Gasteiger partial charge in [0.2, 0.25) is 0 Å². The van der Waals surface area contributed by atoms with Gasteiger partial charge in [-0.15, -0.1) is 6.42 Å². The van der Waals surface area contributed by atoms with Gasteiger partial charge in [0.1, 0.15) is 6.10 Å². The van der Waals surface area contributed by atoms with Crippen LogP contribution in [0.15, 0.2) is 0 Å². The summed E-state index contributed by atoms with van der Waals surface area (Å²) in [6.45, 7) is 4.22. The first-order valence-corrected chi connectivity index (χ1v) is 4.40. The predicted octanol–water partition coefficient (Wildman–Crippen LogP) is 2.20. The van der Waals surface area contributed by atoms with Gasteiger partial charge in [0.05, 0.1) is 0 Å². The van der Waals surface area contributed by atoms with Crippen LogP contribution < -0.4 is 0 Å². The van der Waals surface area contributed by atoms with E-state index in [1.807, 2.05) is 0 Å². The maximum atomic E-state index is 9.31. The maximum absolute atomic E-state index is 9.31. The molecule has 1 nitrogen and oxygen atoms in total. The lowest BCUT2D eigenvalue weighted by Gasteiger charge is -2.15. The molecule has 11 heavy (non-hydrogen) atoms. The number of unbranched alkanes of at least 4 members (excludes halogenated alkanes) is 1. The van der Waals surface area contributed by atoms with Crippen LogP contribution >= 0.6 is 0 Å². The van der Waals surface area contributed by atoms with Crippen LogP contribution in [0.25, 0.3) is 0 Å². The summed E-state index contributed by atoms with van der Waals surface area (Å²) in [7, 11) is 0. The van der Waals surface area contributed by atoms with Crippen LogP contribution in [0.1, 0.15) is 39.5 Å². The van der Waals surface area contributed by atoms with E-state index in [1.54, 1.807) is 0 Å². The van der Waals surface area contributed by atoms with Gasteiger partial charge in [-0.05, 0) is 18.8 Å². The van der Waals surface area contributed by atoms with Crippen molar-refractivity contribution in [2.45, 2.75) is 45.6 Å². The van der Waals surface area contributed by atoms with Crippen molar-refractivity contribution in [3.8, 4) is 12.3 Å². The minimum Gasteiger partial charge on any atom is -0.380 e. The zero-order valence-corrected chi connectivity index (χ0v) is 7.51. The third kappa shape index (κ3) is 4.06. The number of aliphatic hydroxyl groups excluding tert-OH is 1. The molecule has 0 unspecified atom stereocenters. The summed E-state index contributed by atoms with van der Waals surface area (Å²) in [4.78, 5) is 0. The van der Waals surface area contributed by atoms with Gasteiger partial charge in [-0.3, -0.25) is 0 Å². The van der Waals surface area contributed by atoms with Crippen molar-refractivity contribution in [2.24, 2.45) is 5.92 Å². The standard InChI is InChI=1S/C10H18O/c1-4-7-8-9(5-2)10(11)6-3/h3,9-11H,4-5,7-8H2,1-2H3/t9-,10+/m0/s1. The molecule has 0 rings (SSSR count). The molecule has 1 N–H and O–H groups in total. The van der Waals surface area contributed by atoms with E-state index in [-0.39, 0.29) is 0 Å². The minimum atomic E-state index is -0.536. The van der Waals surface area contributed by atoms with Crippen molar-refractivity contribution < 1.29 is 5.11 Å². The molecular formula is C10H18O. The fourth-order valence-electron chi connectivity index (χ4n) is 1.19. The molecule has 0 spiro atoms. The Morgan fingerprint density at radius 2 is 2.09 bits per heavy atom. The molecule has 0 radical (unpaired) electrons. The smallest absolute Gasteiger partial charge is 0.117 e. The molecule has 0 heterocycles. The van der Waals surface area contributed by atoms with Crippen LogP contribution in [0.4, 0.5) is 0 Å². The van der Waals surface area contributed by atoms with E-state index in [1.165, 1.54) is 6.42 Å². The lowest BCUT2D eigenvalue weighted by molar-refractivity contribution is 0.150. The summed E-state index contributed by atoms with van der Waals surface area (Å²) in [5.74, 6) is 2.69. The molecule has 1 heteroatoms. The lowest BCUT2D eigenvalue weighted by Crippen LogP contribution is -2.17. The first-order chi connectivity index (χ1) is 5.26.